The van der Waals surface area contributed by atoms with Crippen LogP contribution in [0.15, 0.2) is 30.3 Å². The molecule has 0 aliphatic heterocycles. The predicted octanol–water partition coefficient (Wildman–Crippen LogP) is 2.68. The molecular formula is C14H16ClN5. The minimum Gasteiger partial charge on any atom is -0.382 e. The first-order valence-electron chi connectivity index (χ1n) is 6.09. The first kappa shape index (κ1) is 14.3. The first-order chi connectivity index (χ1) is 9.38. The first-order valence-corrected chi connectivity index (χ1v) is 6.47. The summed E-state index contributed by atoms with van der Waals surface area (Å²) >= 11 is 5.90. The van der Waals surface area contributed by atoms with Gasteiger partial charge in [0.2, 0.25) is 5.95 Å². The maximum Gasteiger partial charge on any atom is 0.242 e. The highest BCUT2D eigenvalue weighted by Crippen LogP contribution is 2.27. The van der Waals surface area contributed by atoms with Crippen LogP contribution in [0.25, 0.3) is 6.08 Å². The number of benzene rings is 1. The van der Waals surface area contributed by atoms with Crippen LogP contribution in [0.3, 0.4) is 0 Å². The van der Waals surface area contributed by atoms with E-state index >= 15 is 0 Å². The minimum atomic E-state index is -0.194. The zero-order valence-electron chi connectivity index (χ0n) is 11.3. The summed E-state index contributed by atoms with van der Waals surface area (Å²) in [7, 11) is 0. The van der Waals surface area contributed by atoms with Crippen LogP contribution in [0.4, 0.5) is 11.8 Å². The van der Waals surface area contributed by atoms with Gasteiger partial charge in [-0.05, 0) is 23.8 Å². The van der Waals surface area contributed by atoms with Gasteiger partial charge >= 0.3 is 0 Å². The molecule has 104 valence electrons. The zero-order valence-corrected chi connectivity index (χ0v) is 12.1. The molecule has 6 heteroatoms. The summed E-state index contributed by atoms with van der Waals surface area (Å²) in [5.41, 5.74) is 12.6. The van der Waals surface area contributed by atoms with Gasteiger partial charge in [0.25, 0.3) is 0 Å². The Balaban J connectivity index is 2.27. The molecule has 0 atom stereocenters. The maximum absolute atomic E-state index is 5.90. The monoisotopic (exact) mass is 289 g/mol. The second kappa shape index (κ2) is 5.46. The number of aromatic nitrogens is 3. The zero-order chi connectivity index (χ0) is 14.8. The summed E-state index contributed by atoms with van der Waals surface area (Å²) < 4.78 is 0. The second-order valence-corrected chi connectivity index (χ2v) is 5.44. The van der Waals surface area contributed by atoms with Crippen molar-refractivity contribution in [1.29, 1.82) is 0 Å². The Morgan fingerprint density at radius 3 is 2.35 bits per heavy atom. The van der Waals surface area contributed by atoms with Crippen molar-refractivity contribution >= 4 is 29.4 Å². The standard InChI is InChI=1S/C14H16ClN5/c1-14(2,9-3-5-10(15)6-4-9)8-7-11-12(16)18-13(17)20-19-11/h3-8H,1-2H3,(H4,16,17,18,20). The molecule has 2 rings (SSSR count). The molecule has 0 aliphatic rings. The molecule has 0 radical (unpaired) electrons. The van der Waals surface area contributed by atoms with E-state index in [1.807, 2.05) is 30.3 Å². The number of allylic oxidation sites excluding steroid dienone is 1. The van der Waals surface area contributed by atoms with Crippen LogP contribution < -0.4 is 11.5 Å². The van der Waals surface area contributed by atoms with Crippen molar-refractivity contribution < 1.29 is 0 Å². The number of rotatable bonds is 3. The van der Waals surface area contributed by atoms with E-state index in [4.69, 9.17) is 23.1 Å². The van der Waals surface area contributed by atoms with Gasteiger partial charge in [-0.3, -0.25) is 0 Å². The molecular weight excluding hydrogens is 274 g/mol. The molecule has 20 heavy (non-hydrogen) atoms. The Labute approximate surface area is 122 Å². The molecule has 0 bridgehead atoms. The van der Waals surface area contributed by atoms with Crippen LogP contribution >= 0.6 is 11.6 Å². The van der Waals surface area contributed by atoms with Crippen LogP contribution in [0, 0.1) is 0 Å². The fourth-order valence-electron chi connectivity index (χ4n) is 1.74. The number of hydrogen-bond acceptors (Lipinski definition) is 5. The van der Waals surface area contributed by atoms with Gasteiger partial charge in [-0.25, -0.2) is 0 Å². The molecule has 2 aromatic rings. The normalized spacial score (nSPS) is 11.9. The van der Waals surface area contributed by atoms with Crippen LogP contribution in [-0.4, -0.2) is 15.2 Å². The van der Waals surface area contributed by atoms with Crippen molar-refractivity contribution in [2.24, 2.45) is 0 Å². The highest BCUT2D eigenvalue weighted by atomic mass is 35.5. The summed E-state index contributed by atoms with van der Waals surface area (Å²) in [5.74, 6) is 0.331. The van der Waals surface area contributed by atoms with E-state index in [1.165, 1.54) is 0 Å². The van der Waals surface area contributed by atoms with Crippen molar-refractivity contribution in [3.05, 3.63) is 46.6 Å². The number of nitrogens with two attached hydrogens (primary N) is 2. The van der Waals surface area contributed by atoms with Gasteiger partial charge in [-0.15, -0.1) is 10.2 Å². The van der Waals surface area contributed by atoms with Crippen molar-refractivity contribution in [3.63, 3.8) is 0 Å². The molecule has 1 heterocycles. The van der Waals surface area contributed by atoms with E-state index < -0.39 is 0 Å². The maximum atomic E-state index is 5.90. The van der Waals surface area contributed by atoms with Gasteiger partial charge in [0, 0.05) is 10.4 Å². The van der Waals surface area contributed by atoms with E-state index in [2.05, 4.69) is 29.0 Å². The topological polar surface area (TPSA) is 90.7 Å². The van der Waals surface area contributed by atoms with Crippen molar-refractivity contribution in [2.45, 2.75) is 19.3 Å². The molecule has 0 spiro atoms. The predicted molar refractivity (Wildman–Crippen MR) is 82.2 cm³/mol. The number of anilines is 2. The average molecular weight is 290 g/mol. The lowest BCUT2D eigenvalue weighted by Crippen LogP contribution is -2.13. The van der Waals surface area contributed by atoms with Crippen molar-refractivity contribution in [1.82, 2.24) is 15.2 Å². The Morgan fingerprint density at radius 2 is 1.75 bits per heavy atom. The van der Waals surface area contributed by atoms with Gasteiger partial charge in [0.1, 0.15) is 5.69 Å². The Morgan fingerprint density at radius 1 is 1.10 bits per heavy atom. The number of nitrogen functional groups attached to an aromatic ring is 2. The van der Waals surface area contributed by atoms with Crippen LogP contribution in [0.2, 0.25) is 5.02 Å². The van der Waals surface area contributed by atoms with E-state index in [-0.39, 0.29) is 17.2 Å². The van der Waals surface area contributed by atoms with Crippen LogP contribution in [-0.2, 0) is 5.41 Å². The Bertz CT molecular complexity index is 635. The smallest absolute Gasteiger partial charge is 0.242 e. The number of hydrogen-bond donors (Lipinski definition) is 2. The number of nitrogens with zero attached hydrogens (tertiary/aromatic N) is 3. The minimum absolute atomic E-state index is 0.0663. The quantitative estimate of drug-likeness (QED) is 0.906. The molecule has 4 N–H and O–H groups in total. The molecule has 5 nitrogen and oxygen atoms in total. The molecule has 0 aliphatic carbocycles. The number of halogens is 1. The SMILES string of the molecule is CC(C)(C=Cc1nnc(N)nc1N)c1ccc(Cl)cc1. The largest absolute Gasteiger partial charge is 0.382 e. The van der Waals surface area contributed by atoms with E-state index in [1.54, 1.807) is 6.08 Å². The highest BCUT2D eigenvalue weighted by molar-refractivity contribution is 6.30. The van der Waals surface area contributed by atoms with E-state index in [0.29, 0.717) is 10.7 Å². The summed E-state index contributed by atoms with van der Waals surface area (Å²) in [4.78, 5) is 3.87. The van der Waals surface area contributed by atoms with Gasteiger partial charge in [-0.1, -0.05) is 43.7 Å². The third-order valence-corrected chi connectivity index (χ3v) is 3.26. The Kier molecular flexibility index (Phi) is 3.90. The molecule has 0 unspecified atom stereocenters. The fourth-order valence-corrected chi connectivity index (χ4v) is 1.87. The molecule has 1 aromatic carbocycles. The molecule has 1 aromatic heterocycles. The van der Waals surface area contributed by atoms with Crippen molar-refractivity contribution in [2.75, 3.05) is 11.5 Å². The molecule has 0 saturated heterocycles. The van der Waals surface area contributed by atoms with Gasteiger partial charge in [0.15, 0.2) is 5.82 Å². The highest BCUT2D eigenvalue weighted by Gasteiger charge is 2.17. The third kappa shape index (κ3) is 3.24. The Hall–Kier alpha value is -2.14. The van der Waals surface area contributed by atoms with Gasteiger partial charge < -0.3 is 11.5 Å². The summed E-state index contributed by atoms with van der Waals surface area (Å²) in [6.07, 6.45) is 3.79. The van der Waals surface area contributed by atoms with Gasteiger partial charge in [0.05, 0.1) is 0 Å². The third-order valence-electron chi connectivity index (χ3n) is 3.00. The lowest BCUT2D eigenvalue weighted by Gasteiger charge is -2.21. The molecule has 0 fully saturated rings. The lowest BCUT2D eigenvalue weighted by molar-refractivity contribution is 0.673. The summed E-state index contributed by atoms with van der Waals surface area (Å²) in [6.45, 7) is 4.17. The van der Waals surface area contributed by atoms with Gasteiger partial charge in [-0.2, -0.15) is 4.98 Å². The van der Waals surface area contributed by atoms with E-state index in [0.717, 1.165) is 5.56 Å². The van der Waals surface area contributed by atoms with Crippen LogP contribution in [0.5, 0.6) is 0 Å². The lowest BCUT2D eigenvalue weighted by atomic mass is 9.84. The molecule has 0 amide bonds. The average Bonchev–Trinajstić information content (AvgIpc) is 2.38. The summed E-state index contributed by atoms with van der Waals surface area (Å²) in [5, 5.41) is 8.33. The fraction of sp³-hybridized carbons (Fsp3) is 0.214. The van der Waals surface area contributed by atoms with Crippen LogP contribution in [0.1, 0.15) is 25.1 Å². The van der Waals surface area contributed by atoms with Crippen molar-refractivity contribution in [3.8, 4) is 0 Å². The summed E-state index contributed by atoms with van der Waals surface area (Å²) in [6, 6.07) is 7.71. The second-order valence-electron chi connectivity index (χ2n) is 5.00. The van der Waals surface area contributed by atoms with E-state index in [9.17, 15) is 0 Å². The molecule has 0 saturated carbocycles.